The predicted molar refractivity (Wildman–Crippen MR) is 73.3 cm³/mol. The van der Waals surface area contributed by atoms with E-state index >= 15 is 0 Å². The van der Waals surface area contributed by atoms with Crippen LogP contribution in [0.1, 0.15) is 32.9 Å². The van der Waals surface area contributed by atoms with Gasteiger partial charge in [-0.25, -0.2) is 4.98 Å². The molecular formula is C12H23N3S. The van der Waals surface area contributed by atoms with Crippen LogP contribution in [0.2, 0.25) is 0 Å². The Morgan fingerprint density at radius 2 is 2.19 bits per heavy atom. The Hall–Kier alpha value is -0.640. The first-order valence-corrected chi connectivity index (χ1v) is 7.04. The van der Waals surface area contributed by atoms with E-state index in [2.05, 4.69) is 48.1 Å². The van der Waals surface area contributed by atoms with E-state index in [1.165, 1.54) is 0 Å². The van der Waals surface area contributed by atoms with E-state index in [0.29, 0.717) is 0 Å². The summed E-state index contributed by atoms with van der Waals surface area (Å²) in [4.78, 5) is 4.51. The van der Waals surface area contributed by atoms with E-state index in [1.54, 1.807) is 0 Å². The fourth-order valence-corrected chi connectivity index (χ4v) is 1.68. The highest BCUT2D eigenvalue weighted by atomic mass is 32.2. The Kier molecular flexibility index (Phi) is 4.71. The molecule has 92 valence electrons. The maximum absolute atomic E-state index is 4.51. The lowest BCUT2D eigenvalue weighted by Gasteiger charge is -2.22. The molecule has 0 aliphatic rings. The van der Waals surface area contributed by atoms with Crippen LogP contribution in [0.5, 0.6) is 0 Å². The summed E-state index contributed by atoms with van der Waals surface area (Å²) in [5.74, 6) is 1.00. The Bertz CT molecular complexity index is 331. The molecule has 0 spiro atoms. The van der Waals surface area contributed by atoms with Crippen LogP contribution in [0.4, 0.5) is 5.95 Å². The van der Waals surface area contributed by atoms with E-state index in [0.717, 1.165) is 31.2 Å². The molecule has 1 aromatic rings. The number of aryl methyl sites for hydroxylation is 2. The van der Waals surface area contributed by atoms with E-state index in [9.17, 15) is 0 Å². The zero-order valence-electron chi connectivity index (χ0n) is 11.0. The van der Waals surface area contributed by atoms with Crippen molar-refractivity contribution in [3.05, 3.63) is 11.9 Å². The Morgan fingerprint density at radius 3 is 2.75 bits per heavy atom. The minimum absolute atomic E-state index is 0.247. The molecule has 0 amide bonds. The number of imidazole rings is 1. The number of nitrogens with zero attached hydrogens (tertiary/aromatic N) is 2. The van der Waals surface area contributed by atoms with Crippen LogP contribution in [-0.4, -0.2) is 27.1 Å². The third kappa shape index (κ3) is 3.74. The summed E-state index contributed by atoms with van der Waals surface area (Å²) in [6.45, 7) is 10.7. The SMILES string of the molecule is CCCn1cc(C)nc1NCC(C)(C)SC. The summed E-state index contributed by atoms with van der Waals surface area (Å²) < 4.78 is 2.45. The summed E-state index contributed by atoms with van der Waals surface area (Å²) in [5.41, 5.74) is 1.08. The van der Waals surface area contributed by atoms with Crippen LogP contribution in [0.25, 0.3) is 0 Å². The highest BCUT2D eigenvalue weighted by Gasteiger charge is 2.16. The van der Waals surface area contributed by atoms with E-state index in [4.69, 9.17) is 0 Å². The summed E-state index contributed by atoms with van der Waals surface area (Å²) in [7, 11) is 0. The zero-order valence-corrected chi connectivity index (χ0v) is 11.8. The molecule has 1 N–H and O–H groups in total. The van der Waals surface area contributed by atoms with E-state index in [-0.39, 0.29) is 4.75 Å². The topological polar surface area (TPSA) is 29.9 Å². The molecule has 0 saturated heterocycles. The quantitative estimate of drug-likeness (QED) is 0.829. The van der Waals surface area contributed by atoms with Gasteiger partial charge in [0.25, 0.3) is 0 Å². The van der Waals surface area contributed by atoms with Gasteiger partial charge in [0, 0.05) is 24.0 Å². The molecule has 0 radical (unpaired) electrons. The van der Waals surface area contributed by atoms with Gasteiger partial charge in [0.15, 0.2) is 0 Å². The van der Waals surface area contributed by atoms with Gasteiger partial charge >= 0.3 is 0 Å². The van der Waals surface area contributed by atoms with Gasteiger partial charge < -0.3 is 9.88 Å². The molecule has 0 aliphatic heterocycles. The Morgan fingerprint density at radius 1 is 1.50 bits per heavy atom. The molecule has 16 heavy (non-hydrogen) atoms. The molecule has 0 atom stereocenters. The summed E-state index contributed by atoms with van der Waals surface area (Å²) in [5, 5.41) is 3.44. The summed E-state index contributed by atoms with van der Waals surface area (Å²) in [6.07, 6.45) is 5.39. The minimum Gasteiger partial charge on any atom is -0.354 e. The van der Waals surface area contributed by atoms with E-state index in [1.807, 2.05) is 18.7 Å². The number of anilines is 1. The van der Waals surface area contributed by atoms with Gasteiger partial charge in [-0.15, -0.1) is 0 Å². The molecule has 1 heterocycles. The van der Waals surface area contributed by atoms with Crippen LogP contribution in [0.15, 0.2) is 6.20 Å². The summed E-state index contributed by atoms with van der Waals surface area (Å²) >= 11 is 1.87. The first kappa shape index (κ1) is 13.4. The predicted octanol–water partition coefficient (Wildman–Crippen LogP) is 3.16. The van der Waals surface area contributed by atoms with Crippen LogP contribution in [0.3, 0.4) is 0 Å². The van der Waals surface area contributed by atoms with Crippen molar-refractivity contribution in [1.82, 2.24) is 9.55 Å². The van der Waals surface area contributed by atoms with Crippen molar-refractivity contribution in [3.8, 4) is 0 Å². The lowest BCUT2D eigenvalue weighted by atomic mass is 10.2. The van der Waals surface area contributed by atoms with Gasteiger partial charge in [0.1, 0.15) is 0 Å². The van der Waals surface area contributed by atoms with Gasteiger partial charge in [-0.3, -0.25) is 0 Å². The average molecular weight is 241 g/mol. The largest absolute Gasteiger partial charge is 0.354 e. The maximum Gasteiger partial charge on any atom is 0.203 e. The normalized spacial score (nSPS) is 11.8. The second kappa shape index (κ2) is 5.62. The fourth-order valence-electron chi connectivity index (χ4n) is 1.46. The second-order valence-corrected chi connectivity index (χ2v) is 6.23. The molecule has 4 heteroatoms. The molecule has 0 aromatic carbocycles. The third-order valence-corrected chi connectivity index (χ3v) is 3.84. The molecule has 0 aliphatic carbocycles. The Balaban J connectivity index is 2.65. The third-order valence-electron chi connectivity index (χ3n) is 2.59. The standard InChI is InChI=1S/C12H23N3S/c1-6-7-15-8-10(2)14-11(15)13-9-12(3,4)16-5/h8H,6-7,9H2,1-5H3,(H,13,14). The monoisotopic (exact) mass is 241 g/mol. The molecule has 0 fully saturated rings. The number of thioether (sulfide) groups is 1. The zero-order chi connectivity index (χ0) is 12.2. The highest BCUT2D eigenvalue weighted by Crippen LogP contribution is 2.21. The number of rotatable bonds is 6. The molecule has 0 saturated carbocycles. The molecule has 3 nitrogen and oxygen atoms in total. The molecule has 1 aromatic heterocycles. The van der Waals surface area contributed by atoms with Crippen molar-refractivity contribution in [2.75, 3.05) is 18.1 Å². The van der Waals surface area contributed by atoms with Crippen molar-refractivity contribution in [3.63, 3.8) is 0 Å². The molecule has 1 rings (SSSR count). The van der Waals surface area contributed by atoms with Gasteiger partial charge in [0.2, 0.25) is 5.95 Å². The van der Waals surface area contributed by atoms with Crippen LogP contribution in [0, 0.1) is 6.92 Å². The first-order chi connectivity index (χ1) is 7.48. The van der Waals surface area contributed by atoms with Crippen LogP contribution in [-0.2, 0) is 6.54 Å². The van der Waals surface area contributed by atoms with Crippen molar-refractivity contribution in [2.24, 2.45) is 0 Å². The maximum atomic E-state index is 4.51. The molecule has 0 bridgehead atoms. The molecular weight excluding hydrogens is 218 g/mol. The number of hydrogen-bond donors (Lipinski definition) is 1. The van der Waals surface area contributed by atoms with Crippen LogP contribution >= 0.6 is 11.8 Å². The summed E-state index contributed by atoms with van der Waals surface area (Å²) in [6, 6.07) is 0. The smallest absolute Gasteiger partial charge is 0.203 e. The van der Waals surface area contributed by atoms with Crippen molar-refractivity contribution in [1.29, 1.82) is 0 Å². The van der Waals surface area contributed by atoms with Gasteiger partial charge in [-0.1, -0.05) is 6.92 Å². The second-order valence-electron chi connectivity index (χ2n) is 4.72. The van der Waals surface area contributed by atoms with E-state index < -0.39 is 0 Å². The van der Waals surface area contributed by atoms with Gasteiger partial charge in [-0.2, -0.15) is 11.8 Å². The lowest BCUT2D eigenvalue weighted by Crippen LogP contribution is -2.27. The van der Waals surface area contributed by atoms with Crippen LogP contribution < -0.4 is 5.32 Å². The number of hydrogen-bond acceptors (Lipinski definition) is 3. The number of aromatic nitrogens is 2. The Labute approximate surface area is 103 Å². The average Bonchev–Trinajstić information content (AvgIpc) is 2.57. The number of nitrogens with one attached hydrogen (secondary N) is 1. The lowest BCUT2D eigenvalue weighted by molar-refractivity contribution is 0.671. The minimum atomic E-state index is 0.247. The highest BCUT2D eigenvalue weighted by molar-refractivity contribution is 7.99. The van der Waals surface area contributed by atoms with Gasteiger partial charge in [0.05, 0.1) is 5.69 Å². The van der Waals surface area contributed by atoms with Crippen molar-refractivity contribution in [2.45, 2.75) is 45.4 Å². The van der Waals surface area contributed by atoms with Crippen molar-refractivity contribution >= 4 is 17.7 Å². The van der Waals surface area contributed by atoms with Gasteiger partial charge in [-0.05, 0) is 33.4 Å². The fraction of sp³-hybridized carbons (Fsp3) is 0.750. The van der Waals surface area contributed by atoms with Crippen molar-refractivity contribution < 1.29 is 0 Å². The first-order valence-electron chi connectivity index (χ1n) is 5.81. The molecule has 0 unspecified atom stereocenters.